The fourth-order valence-electron chi connectivity index (χ4n) is 1.88. The highest BCUT2D eigenvalue weighted by Crippen LogP contribution is 2.16. The number of nitrogens with zero attached hydrogens (tertiary/aromatic N) is 1. The summed E-state index contributed by atoms with van der Waals surface area (Å²) in [5.74, 6) is 0.748. The largest absolute Gasteiger partial charge is 0.489 e. The normalized spacial score (nSPS) is 11.1. The highest BCUT2D eigenvalue weighted by molar-refractivity contribution is 6.84. The first-order valence-electron chi connectivity index (χ1n) is 6.88. The summed E-state index contributed by atoms with van der Waals surface area (Å²) in [7, 11) is 0. The van der Waals surface area contributed by atoms with Gasteiger partial charge in [-0.05, 0) is 36.2 Å². The van der Waals surface area contributed by atoms with Gasteiger partial charge in [-0.25, -0.2) is 0 Å². The Morgan fingerprint density at radius 3 is 2.45 bits per heavy atom. The van der Waals surface area contributed by atoms with Crippen molar-refractivity contribution in [2.45, 2.75) is 13.5 Å². The zero-order chi connectivity index (χ0) is 15.8. The molecule has 2 aromatic carbocycles. The molecule has 0 unspecified atom stereocenters. The Kier molecular flexibility index (Phi) is 5.98. The van der Waals surface area contributed by atoms with Gasteiger partial charge in [0, 0.05) is 5.56 Å². The summed E-state index contributed by atoms with van der Waals surface area (Å²) in [6.07, 6.45) is 0. The molecule has 0 heterocycles. The predicted molar refractivity (Wildman–Crippen MR) is 86.2 cm³/mol. The number of hydrogen-bond acceptors (Lipinski definition) is 4. The second kappa shape index (κ2) is 8.20. The number of para-hydroxylation sites is 1. The van der Waals surface area contributed by atoms with Gasteiger partial charge in [0.1, 0.15) is 19.0 Å². The molecule has 0 aliphatic heterocycles. The molecular formula is C17H16ClNO3. The van der Waals surface area contributed by atoms with E-state index in [1.807, 2.05) is 48.5 Å². The lowest BCUT2D eigenvalue weighted by Gasteiger charge is -2.11. The van der Waals surface area contributed by atoms with Gasteiger partial charge in [0.2, 0.25) is 0 Å². The average molecular weight is 318 g/mol. The van der Waals surface area contributed by atoms with E-state index in [1.54, 1.807) is 13.0 Å². The minimum absolute atomic E-state index is 0.0794. The lowest BCUT2D eigenvalue weighted by Crippen LogP contribution is -2.14. The van der Waals surface area contributed by atoms with Crippen LogP contribution < -0.4 is 4.74 Å². The zero-order valence-corrected chi connectivity index (χ0v) is 12.9. The molecule has 0 aromatic heterocycles. The SMILES string of the molecule is CCON=C(C(=O)Cl)c1ccccc1COc1ccccc1. The molecule has 0 saturated carbocycles. The van der Waals surface area contributed by atoms with Crippen LogP contribution in [0.4, 0.5) is 0 Å². The van der Waals surface area contributed by atoms with Gasteiger partial charge in [-0.3, -0.25) is 4.79 Å². The Balaban J connectivity index is 2.23. The van der Waals surface area contributed by atoms with E-state index >= 15 is 0 Å². The summed E-state index contributed by atoms with van der Waals surface area (Å²) < 4.78 is 5.72. The Morgan fingerprint density at radius 2 is 1.77 bits per heavy atom. The molecule has 22 heavy (non-hydrogen) atoms. The van der Waals surface area contributed by atoms with Crippen LogP contribution in [0.15, 0.2) is 59.8 Å². The van der Waals surface area contributed by atoms with Crippen LogP contribution in [0.5, 0.6) is 5.75 Å². The maximum atomic E-state index is 11.6. The van der Waals surface area contributed by atoms with E-state index in [9.17, 15) is 4.79 Å². The third-order valence-electron chi connectivity index (χ3n) is 2.88. The van der Waals surface area contributed by atoms with E-state index in [-0.39, 0.29) is 5.71 Å². The quantitative estimate of drug-likeness (QED) is 0.443. The molecule has 5 heteroatoms. The standard InChI is InChI=1S/C17H16ClNO3/c1-2-22-19-16(17(18)20)15-11-7-6-8-13(15)12-21-14-9-4-3-5-10-14/h3-11H,2,12H2,1H3. The van der Waals surface area contributed by atoms with Crippen LogP contribution in [0.3, 0.4) is 0 Å². The van der Waals surface area contributed by atoms with E-state index in [0.717, 1.165) is 11.3 Å². The van der Waals surface area contributed by atoms with Crippen LogP contribution in [0, 0.1) is 0 Å². The van der Waals surface area contributed by atoms with Gasteiger partial charge < -0.3 is 9.57 Å². The molecule has 0 spiro atoms. The topological polar surface area (TPSA) is 47.9 Å². The molecular weight excluding hydrogens is 302 g/mol. The maximum Gasteiger partial charge on any atom is 0.274 e. The number of benzene rings is 2. The molecule has 0 N–H and O–H groups in total. The van der Waals surface area contributed by atoms with Gasteiger partial charge in [-0.1, -0.05) is 47.6 Å². The summed E-state index contributed by atoms with van der Waals surface area (Å²) >= 11 is 5.61. The van der Waals surface area contributed by atoms with Crippen LogP contribution in [0.25, 0.3) is 0 Å². The van der Waals surface area contributed by atoms with Crippen molar-refractivity contribution in [1.29, 1.82) is 0 Å². The second-order valence-electron chi connectivity index (χ2n) is 4.39. The molecule has 0 amide bonds. The fourth-order valence-corrected chi connectivity index (χ4v) is 2.01. The summed E-state index contributed by atoms with van der Waals surface area (Å²) in [5.41, 5.74) is 1.49. The Morgan fingerprint density at radius 1 is 1.09 bits per heavy atom. The van der Waals surface area contributed by atoms with Crippen LogP contribution in [-0.2, 0) is 16.2 Å². The number of rotatable bonds is 7. The van der Waals surface area contributed by atoms with E-state index in [4.69, 9.17) is 21.2 Å². The number of halogens is 1. The number of ether oxygens (including phenoxy) is 1. The number of carbonyl (C=O) groups is 1. The molecule has 0 radical (unpaired) electrons. The van der Waals surface area contributed by atoms with Crippen LogP contribution in [0.2, 0.25) is 0 Å². The van der Waals surface area contributed by atoms with Gasteiger partial charge in [-0.2, -0.15) is 0 Å². The third-order valence-corrected chi connectivity index (χ3v) is 3.06. The Bertz CT molecular complexity index is 656. The zero-order valence-electron chi connectivity index (χ0n) is 12.2. The average Bonchev–Trinajstić information content (AvgIpc) is 2.55. The number of hydrogen-bond donors (Lipinski definition) is 0. The minimum atomic E-state index is -0.666. The lowest BCUT2D eigenvalue weighted by molar-refractivity contribution is -0.106. The maximum absolute atomic E-state index is 11.6. The first kappa shape index (κ1) is 16.0. The van der Waals surface area contributed by atoms with Gasteiger partial charge in [0.15, 0.2) is 5.71 Å². The fraction of sp³-hybridized carbons (Fsp3) is 0.176. The van der Waals surface area contributed by atoms with E-state index in [0.29, 0.717) is 18.8 Å². The Hall–Kier alpha value is -2.33. The first-order chi connectivity index (χ1) is 10.7. The molecule has 0 saturated heterocycles. The van der Waals surface area contributed by atoms with Gasteiger partial charge in [0.25, 0.3) is 5.24 Å². The van der Waals surface area contributed by atoms with E-state index in [1.165, 1.54) is 0 Å². The van der Waals surface area contributed by atoms with Crippen molar-refractivity contribution in [2.24, 2.45) is 5.16 Å². The minimum Gasteiger partial charge on any atom is -0.489 e. The lowest BCUT2D eigenvalue weighted by atomic mass is 10.0. The van der Waals surface area contributed by atoms with Crippen molar-refractivity contribution in [1.82, 2.24) is 0 Å². The summed E-state index contributed by atoms with van der Waals surface area (Å²) in [6.45, 7) is 2.44. The number of carbonyl (C=O) groups excluding carboxylic acids is 1. The van der Waals surface area contributed by atoms with Crippen LogP contribution in [-0.4, -0.2) is 17.6 Å². The van der Waals surface area contributed by atoms with Crippen molar-refractivity contribution in [3.63, 3.8) is 0 Å². The molecule has 0 fully saturated rings. The molecule has 0 bridgehead atoms. The molecule has 4 nitrogen and oxygen atoms in total. The smallest absolute Gasteiger partial charge is 0.274 e. The summed E-state index contributed by atoms with van der Waals surface area (Å²) in [6, 6.07) is 16.7. The van der Waals surface area contributed by atoms with Crippen molar-refractivity contribution >= 4 is 22.6 Å². The molecule has 0 atom stereocenters. The van der Waals surface area contributed by atoms with Gasteiger partial charge >= 0.3 is 0 Å². The second-order valence-corrected chi connectivity index (χ2v) is 4.73. The number of oxime groups is 1. The van der Waals surface area contributed by atoms with Crippen molar-refractivity contribution in [3.05, 3.63) is 65.7 Å². The highest BCUT2D eigenvalue weighted by atomic mass is 35.5. The predicted octanol–water partition coefficient (Wildman–Crippen LogP) is 3.77. The molecule has 114 valence electrons. The van der Waals surface area contributed by atoms with Crippen molar-refractivity contribution < 1.29 is 14.4 Å². The van der Waals surface area contributed by atoms with Gasteiger partial charge in [-0.15, -0.1) is 0 Å². The first-order valence-corrected chi connectivity index (χ1v) is 7.26. The molecule has 0 aliphatic rings. The van der Waals surface area contributed by atoms with Gasteiger partial charge in [0.05, 0.1) is 0 Å². The summed E-state index contributed by atoms with van der Waals surface area (Å²) in [5, 5.41) is 3.14. The Labute approximate surface area is 134 Å². The van der Waals surface area contributed by atoms with Crippen molar-refractivity contribution in [2.75, 3.05) is 6.61 Å². The van der Waals surface area contributed by atoms with Crippen molar-refractivity contribution in [3.8, 4) is 5.75 Å². The molecule has 0 aliphatic carbocycles. The molecule has 2 aromatic rings. The highest BCUT2D eigenvalue weighted by Gasteiger charge is 2.16. The third kappa shape index (κ3) is 4.33. The summed E-state index contributed by atoms with van der Waals surface area (Å²) in [4.78, 5) is 16.6. The molecule has 2 rings (SSSR count). The van der Waals surface area contributed by atoms with E-state index in [2.05, 4.69) is 5.16 Å². The van der Waals surface area contributed by atoms with Crippen LogP contribution in [0.1, 0.15) is 18.1 Å². The van der Waals surface area contributed by atoms with Crippen LogP contribution >= 0.6 is 11.6 Å². The monoisotopic (exact) mass is 317 g/mol. The van der Waals surface area contributed by atoms with E-state index < -0.39 is 5.24 Å².